The molecule has 0 aliphatic rings. The third-order valence-corrected chi connectivity index (χ3v) is 4.20. The summed E-state index contributed by atoms with van der Waals surface area (Å²) in [5, 5.41) is 5.35. The number of hydrogen-bond acceptors (Lipinski definition) is 4. The van der Waals surface area contributed by atoms with Gasteiger partial charge in [-0.2, -0.15) is 0 Å². The van der Waals surface area contributed by atoms with E-state index in [4.69, 9.17) is 5.73 Å². The number of anilines is 2. The number of aromatic amines is 2. The van der Waals surface area contributed by atoms with Crippen molar-refractivity contribution in [2.75, 3.05) is 24.2 Å². The third kappa shape index (κ3) is 4.15. The average Bonchev–Trinajstić information content (AvgIpc) is 2.54. The molecule has 23 heavy (non-hydrogen) atoms. The van der Waals surface area contributed by atoms with E-state index in [-0.39, 0.29) is 11.1 Å². The van der Waals surface area contributed by atoms with Crippen molar-refractivity contribution < 1.29 is 0 Å². The lowest BCUT2D eigenvalue weighted by molar-refractivity contribution is 0.606. The number of aromatic nitrogens is 2. The second kappa shape index (κ2) is 7.85. The molecule has 1 heterocycles. The number of nitrogens with one attached hydrogen (secondary N) is 2. The highest BCUT2D eigenvalue weighted by molar-refractivity contribution is 5.90. The number of benzene rings is 1. The topological polar surface area (TPSA) is 95.0 Å². The highest BCUT2D eigenvalue weighted by atomic mass is 16.1. The van der Waals surface area contributed by atoms with Crippen LogP contribution in [0.1, 0.15) is 45.4 Å². The molecule has 0 bridgehead atoms. The van der Waals surface area contributed by atoms with Crippen LogP contribution in [0.2, 0.25) is 0 Å². The van der Waals surface area contributed by atoms with Gasteiger partial charge in [-0.1, -0.05) is 39.0 Å². The van der Waals surface area contributed by atoms with Gasteiger partial charge in [0.1, 0.15) is 0 Å². The smallest absolute Gasteiger partial charge is 0.270 e. The van der Waals surface area contributed by atoms with E-state index in [2.05, 4.69) is 22.0 Å². The Hall–Kier alpha value is -2.24. The molecule has 0 saturated heterocycles. The lowest BCUT2D eigenvalue weighted by atomic mass is 10.1. The molecule has 2 rings (SSSR count). The van der Waals surface area contributed by atoms with Crippen molar-refractivity contribution in [2.45, 2.75) is 45.4 Å². The van der Waals surface area contributed by atoms with E-state index >= 15 is 0 Å². The molecular formula is C17H26N4O2. The van der Waals surface area contributed by atoms with Gasteiger partial charge >= 0.3 is 0 Å². The quantitative estimate of drug-likeness (QED) is 0.515. The van der Waals surface area contributed by atoms with Gasteiger partial charge in [-0.05, 0) is 18.6 Å². The van der Waals surface area contributed by atoms with Gasteiger partial charge in [-0.15, -0.1) is 0 Å². The number of fused-ring (bicyclic) bond motifs is 1. The Morgan fingerprint density at radius 1 is 0.957 bits per heavy atom. The number of nitrogen functional groups attached to an aromatic ring is 1. The molecule has 0 fully saturated rings. The lowest BCUT2D eigenvalue weighted by Crippen LogP contribution is -2.23. The van der Waals surface area contributed by atoms with Gasteiger partial charge in [0.25, 0.3) is 11.1 Å². The van der Waals surface area contributed by atoms with Crippen LogP contribution in [0.15, 0.2) is 21.7 Å². The fourth-order valence-electron chi connectivity index (χ4n) is 2.81. The number of rotatable bonds is 8. The van der Waals surface area contributed by atoms with Crippen molar-refractivity contribution in [2.24, 2.45) is 0 Å². The Balaban J connectivity index is 2.10. The zero-order chi connectivity index (χ0) is 16.8. The van der Waals surface area contributed by atoms with Crippen LogP contribution >= 0.6 is 0 Å². The van der Waals surface area contributed by atoms with Crippen LogP contribution in [0.5, 0.6) is 0 Å². The summed E-state index contributed by atoms with van der Waals surface area (Å²) in [6, 6.07) is 3.28. The van der Waals surface area contributed by atoms with Gasteiger partial charge in [-0.25, -0.2) is 0 Å². The Morgan fingerprint density at radius 2 is 1.52 bits per heavy atom. The van der Waals surface area contributed by atoms with Crippen LogP contribution in [0, 0.1) is 0 Å². The molecule has 0 unspecified atom stereocenters. The van der Waals surface area contributed by atoms with Crippen molar-refractivity contribution in [1.29, 1.82) is 0 Å². The fourth-order valence-corrected chi connectivity index (χ4v) is 2.81. The monoisotopic (exact) mass is 318 g/mol. The first-order valence-corrected chi connectivity index (χ1v) is 8.30. The van der Waals surface area contributed by atoms with Crippen molar-refractivity contribution in [1.82, 2.24) is 10.2 Å². The lowest BCUT2D eigenvalue weighted by Gasteiger charge is -2.21. The molecule has 0 aliphatic carbocycles. The van der Waals surface area contributed by atoms with Gasteiger partial charge in [0.15, 0.2) is 0 Å². The van der Waals surface area contributed by atoms with Gasteiger partial charge < -0.3 is 10.6 Å². The second-order valence-corrected chi connectivity index (χ2v) is 6.05. The second-order valence-electron chi connectivity index (χ2n) is 6.05. The first kappa shape index (κ1) is 17.1. The Morgan fingerprint density at radius 3 is 2.17 bits per heavy atom. The SMILES string of the molecule is CCCCCCCCN(C)c1cc2c(=O)[nH][nH]c(=O)c2cc1N. The maximum atomic E-state index is 11.9. The number of nitrogens with zero attached hydrogens (tertiary/aromatic N) is 1. The number of hydrogen-bond donors (Lipinski definition) is 3. The predicted octanol–water partition coefficient (Wildman–Crippen LogP) is 2.60. The first-order chi connectivity index (χ1) is 11.0. The van der Waals surface area contributed by atoms with E-state index in [9.17, 15) is 9.59 Å². The molecule has 0 aliphatic heterocycles. The van der Waals surface area contributed by atoms with Gasteiger partial charge in [0.2, 0.25) is 0 Å². The summed E-state index contributed by atoms with van der Waals surface area (Å²) in [6.45, 7) is 3.09. The number of H-pyrrole nitrogens is 2. The molecule has 1 aromatic heterocycles. The summed E-state index contributed by atoms with van der Waals surface area (Å²) in [5.74, 6) is 0. The molecule has 2 aromatic rings. The molecule has 4 N–H and O–H groups in total. The van der Waals surface area contributed by atoms with E-state index in [0.29, 0.717) is 16.5 Å². The van der Waals surface area contributed by atoms with E-state index in [1.807, 2.05) is 7.05 Å². The predicted molar refractivity (Wildman–Crippen MR) is 96.2 cm³/mol. The van der Waals surface area contributed by atoms with Gasteiger partial charge in [-0.3, -0.25) is 19.8 Å². The Bertz CT molecular complexity index is 763. The molecule has 0 amide bonds. The minimum absolute atomic E-state index is 0.311. The molecule has 126 valence electrons. The van der Waals surface area contributed by atoms with Crippen LogP contribution in [0.4, 0.5) is 11.4 Å². The average molecular weight is 318 g/mol. The first-order valence-electron chi connectivity index (χ1n) is 8.30. The van der Waals surface area contributed by atoms with Crippen LogP contribution < -0.4 is 21.8 Å². The number of nitrogens with two attached hydrogens (primary N) is 1. The third-order valence-electron chi connectivity index (χ3n) is 4.20. The van der Waals surface area contributed by atoms with Gasteiger partial charge in [0, 0.05) is 13.6 Å². The molecule has 6 heteroatoms. The highest BCUT2D eigenvalue weighted by Crippen LogP contribution is 2.25. The standard InChI is InChI=1S/C17H26N4O2/c1-3-4-5-6-7-8-9-21(2)15-11-13-12(10-14(15)18)16(22)19-20-17(13)23/h10-11H,3-9,18H2,1-2H3,(H,19,22)(H,20,23). The Kier molecular flexibility index (Phi) is 5.84. The van der Waals surface area contributed by atoms with E-state index < -0.39 is 0 Å². The molecule has 0 atom stereocenters. The molecular weight excluding hydrogens is 292 g/mol. The van der Waals surface area contributed by atoms with Crippen molar-refractivity contribution >= 4 is 22.1 Å². The zero-order valence-electron chi connectivity index (χ0n) is 13.9. The summed E-state index contributed by atoms with van der Waals surface area (Å²) in [4.78, 5) is 25.7. The minimum atomic E-state index is -0.337. The van der Waals surface area contributed by atoms with Crippen LogP contribution in [-0.4, -0.2) is 23.8 Å². The van der Waals surface area contributed by atoms with E-state index in [0.717, 1.165) is 18.7 Å². The highest BCUT2D eigenvalue weighted by Gasteiger charge is 2.11. The van der Waals surface area contributed by atoms with Crippen LogP contribution in [0.3, 0.4) is 0 Å². The largest absolute Gasteiger partial charge is 0.397 e. The normalized spacial score (nSPS) is 11.0. The zero-order valence-corrected chi connectivity index (χ0v) is 13.9. The van der Waals surface area contributed by atoms with Crippen LogP contribution in [0.25, 0.3) is 10.8 Å². The minimum Gasteiger partial charge on any atom is -0.397 e. The summed E-state index contributed by atoms with van der Waals surface area (Å²) >= 11 is 0. The maximum Gasteiger partial charge on any atom is 0.270 e. The fraction of sp³-hybridized carbons (Fsp3) is 0.529. The molecule has 0 saturated carbocycles. The molecule has 0 radical (unpaired) electrons. The molecule has 1 aromatic carbocycles. The van der Waals surface area contributed by atoms with Crippen molar-refractivity contribution in [3.63, 3.8) is 0 Å². The molecule has 6 nitrogen and oxygen atoms in total. The van der Waals surface area contributed by atoms with Crippen LogP contribution in [-0.2, 0) is 0 Å². The van der Waals surface area contributed by atoms with E-state index in [1.54, 1.807) is 12.1 Å². The maximum absolute atomic E-state index is 11.9. The summed E-state index contributed by atoms with van der Waals surface area (Å²) in [7, 11) is 1.96. The molecule has 0 spiro atoms. The Labute approximate surface area is 135 Å². The number of unbranched alkanes of at least 4 members (excludes halogenated alkanes) is 5. The van der Waals surface area contributed by atoms with E-state index in [1.165, 1.54) is 32.1 Å². The summed E-state index contributed by atoms with van der Waals surface area (Å²) < 4.78 is 0. The van der Waals surface area contributed by atoms with Gasteiger partial charge in [0.05, 0.1) is 22.1 Å². The van der Waals surface area contributed by atoms with Crippen molar-refractivity contribution in [3.05, 3.63) is 32.8 Å². The van der Waals surface area contributed by atoms with Crippen molar-refractivity contribution in [3.8, 4) is 0 Å². The summed E-state index contributed by atoms with van der Waals surface area (Å²) in [6.07, 6.45) is 7.37. The summed E-state index contributed by atoms with van der Waals surface area (Å²) in [5.41, 5.74) is 6.73.